The van der Waals surface area contributed by atoms with Gasteiger partial charge in [0, 0.05) is 11.6 Å². The van der Waals surface area contributed by atoms with E-state index >= 15 is 0 Å². The van der Waals surface area contributed by atoms with Crippen LogP contribution >= 0.6 is 0 Å². The molecule has 2 rings (SSSR count). The van der Waals surface area contributed by atoms with Crippen molar-refractivity contribution in [2.75, 3.05) is 0 Å². The lowest BCUT2D eigenvalue weighted by molar-refractivity contribution is 0.297. The Morgan fingerprint density at radius 3 is 2.47 bits per heavy atom. The van der Waals surface area contributed by atoms with Gasteiger partial charge in [-0.05, 0) is 30.3 Å². The molecule has 2 nitrogen and oxygen atoms in total. The number of hydrogen-bond donors (Lipinski definition) is 0. The fraction of sp³-hybridized carbons (Fsp3) is 0.0714. The summed E-state index contributed by atoms with van der Waals surface area (Å²) >= 11 is 0. The Labute approximate surface area is 107 Å². The second-order valence-corrected chi connectivity index (χ2v) is 3.78. The molecule has 0 saturated carbocycles. The molecule has 0 aliphatic carbocycles. The van der Waals surface area contributed by atoms with E-state index in [0.29, 0.717) is 0 Å². The fourth-order valence-corrected chi connectivity index (χ4v) is 1.49. The Morgan fingerprint density at radius 1 is 1.00 bits per heavy atom. The highest BCUT2D eigenvalue weighted by Gasteiger charge is 2.07. The standard InChI is InChI=1S/C14H8F3NO/c15-11-2-4-13(16)10(5-11)8-19-12-3-1-9(7-18)14(17)6-12/h1-6H,8H2. The minimum atomic E-state index is -0.722. The normalized spacial score (nSPS) is 10.0. The third-order valence-corrected chi connectivity index (χ3v) is 2.46. The van der Waals surface area contributed by atoms with Crippen molar-refractivity contribution in [1.29, 1.82) is 5.26 Å². The molecule has 0 aliphatic heterocycles. The molecule has 0 aromatic heterocycles. The number of ether oxygens (including phenoxy) is 1. The van der Waals surface area contributed by atoms with Crippen LogP contribution in [0.25, 0.3) is 0 Å². The smallest absolute Gasteiger partial charge is 0.144 e. The fourth-order valence-electron chi connectivity index (χ4n) is 1.49. The molecule has 0 aliphatic rings. The summed E-state index contributed by atoms with van der Waals surface area (Å²) in [6.07, 6.45) is 0. The average molecular weight is 263 g/mol. The Kier molecular flexibility index (Phi) is 3.71. The van der Waals surface area contributed by atoms with Crippen LogP contribution in [0.5, 0.6) is 5.75 Å². The van der Waals surface area contributed by atoms with Gasteiger partial charge in [0.1, 0.15) is 35.9 Å². The largest absolute Gasteiger partial charge is 0.489 e. The number of nitriles is 1. The van der Waals surface area contributed by atoms with Crippen molar-refractivity contribution in [2.24, 2.45) is 0 Å². The molecule has 0 bridgehead atoms. The summed E-state index contributed by atoms with van der Waals surface area (Å²) in [5, 5.41) is 8.56. The van der Waals surface area contributed by atoms with Gasteiger partial charge in [-0.3, -0.25) is 0 Å². The van der Waals surface area contributed by atoms with Gasteiger partial charge in [-0.2, -0.15) is 5.26 Å². The Hall–Kier alpha value is -2.48. The lowest BCUT2D eigenvalue weighted by Gasteiger charge is -2.07. The summed E-state index contributed by atoms with van der Waals surface area (Å²) < 4.78 is 44.7. The van der Waals surface area contributed by atoms with Crippen molar-refractivity contribution in [3.8, 4) is 11.8 Å². The van der Waals surface area contributed by atoms with Gasteiger partial charge in [0.05, 0.1) is 5.56 Å². The van der Waals surface area contributed by atoms with Gasteiger partial charge in [0.15, 0.2) is 0 Å². The topological polar surface area (TPSA) is 33.0 Å². The van der Waals surface area contributed by atoms with Crippen LogP contribution in [0.15, 0.2) is 36.4 Å². The van der Waals surface area contributed by atoms with Crippen LogP contribution in [-0.4, -0.2) is 0 Å². The number of benzene rings is 2. The van der Waals surface area contributed by atoms with E-state index in [4.69, 9.17) is 10.00 Å². The van der Waals surface area contributed by atoms with Crippen molar-refractivity contribution >= 4 is 0 Å². The first kappa shape index (κ1) is 13.0. The minimum absolute atomic E-state index is 0.0322. The number of rotatable bonds is 3. The number of halogens is 3. The molecule has 19 heavy (non-hydrogen) atoms. The lowest BCUT2D eigenvalue weighted by atomic mass is 10.2. The second-order valence-electron chi connectivity index (χ2n) is 3.78. The van der Waals surface area contributed by atoms with Crippen molar-refractivity contribution in [1.82, 2.24) is 0 Å². The summed E-state index contributed by atoms with van der Waals surface area (Å²) in [6, 6.07) is 8.34. The molecule has 2 aromatic carbocycles. The predicted molar refractivity (Wildman–Crippen MR) is 61.8 cm³/mol. The van der Waals surface area contributed by atoms with Crippen molar-refractivity contribution < 1.29 is 17.9 Å². The molecule has 0 fully saturated rings. The molecule has 0 N–H and O–H groups in total. The molecule has 0 spiro atoms. The van der Waals surface area contributed by atoms with Crippen LogP contribution < -0.4 is 4.74 Å². The molecule has 96 valence electrons. The van der Waals surface area contributed by atoms with Gasteiger partial charge in [0.2, 0.25) is 0 Å². The summed E-state index contributed by atoms with van der Waals surface area (Å²) in [6.45, 7) is -0.227. The van der Waals surface area contributed by atoms with Crippen LogP contribution in [0.1, 0.15) is 11.1 Å². The zero-order chi connectivity index (χ0) is 13.8. The quantitative estimate of drug-likeness (QED) is 0.848. The van der Waals surface area contributed by atoms with E-state index in [-0.39, 0.29) is 23.5 Å². The molecule has 0 amide bonds. The summed E-state index contributed by atoms with van der Waals surface area (Å²) in [5.41, 5.74) is -0.0750. The van der Waals surface area contributed by atoms with Crippen LogP contribution in [-0.2, 0) is 6.61 Å². The van der Waals surface area contributed by atoms with Crippen LogP contribution in [0.2, 0.25) is 0 Å². The molecular weight excluding hydrogens is 255 g/mol. The second kappa shape index (κ2) is 5.44. The van der Waals surface area contributed by atoms with Gasteiger partial charge in [0.25, 0.3) is 0 Å². The maximum Gasteiger partial charge on any atom is 0.144 e. The Bertz CT molecular complexity index is 650. The molecule has 5 heteroatoms. The zero-order valence-corrected chi connectivity index (χ0v) is 9.66. The third kappa shape index (κ3) is 3.05. The monoisotopic (exact) mass is 263 g/mol. The Balaban J connectivity index is 2.13. The Morgan fingerprint density at radius 2 is 1.79 bits per heavy atom. The first-order chi connectivity index (χ1) is 9.10. The van der Waals surface area contributed by atoms with Gasteiger partial charge < -0.3 is 4.74 Å². The first-order valence-corrected chi connectivity index (χ1v) is 5.36. The summed E-state index contributed by atoms with van der Waals surface area (Å²) in [7, 11) is 0. The zero-order valence-electron chi connectivity index (χ0n) is 9.66. The summed E-state index contributed by atoms with van der Waals surface area (Å²) in [4.78, 5) is 0. The highest BCUT2D eigenvalue weighted by Crippen LogP contribution is 2.18. The van der Waals surface area contributed by atoms with Crippen LogP contribution in [0.4, 0.5) is 13.2 Å². The van der Waals surface area contributed by atoms with Crippen molar-refractivity contribution in [3.05, 3.63) is 65.0 Å². The van der Waals surface area contributed by atoms with Crippen LogP contribution in [0.3, 0.4) is 0 Å². The van der Waals surface area contributed by atoms with E-state index < -0.39 is 17.5 Å². The average Bonchev–Trinajstić information content (AvgIpc) is 2.40. The molecule has 2 aromatic rings. The summed E-state index contributed by atoms with van der Waals surface area (Å²) in [5.74, 6) is -1.76. The van der Waals surface area contributed by atoms with Crippen molar-refractivity contribution in [3.63, 3.8) is 0 Å². The van der Waals surface area contributed by atoms with Gasteiger partial charge in [-0.25, -0.2) is 13.2 Å². The molecule has 0 heterocycles. The molecule has 0 atom stereocenters. The van der Waals surface area contributed by atoms with E-state index in [9.17, 15) is 13.2 Å². The van der Waals surface area contributed by atoms with Gasteiger partial charge in [-0.15, -0.1) is 0 Å². The van der Waals surface area contributed by atoms with Crippen LogP contribution in [0, 0.1) is 28.8 Å². The van der Waals surface area contributed by atoms with E-state index in [1.165, 1.54) is 12.1 Å². The van der Waals surface area contributed by atoms with E-state index in [2.05, 4.69) is 0 Å². The predicted octanol–water partition coefficient (Wildman–Crippen LogP) is 3.55. The molecule has 0 unspecified atom stereocenters. The van der Waals surface area contributed by atoms with Crippen molar-refractivity contribution in [2.45, 2.75) is 6.61 Å². The highest BCUT2D eigenvalue weighted by atomic mass is 19.1. The van der Waals surface area contributed by atoms with E-state index in [0.717, 1.165) is 24.3 Å². The highest BCUT2D eigenvalue weighted by molar-refractivity contribution is 5.36. The maximum atomic E-state index is 13.3. The lowest BCUT2D eigenvalue weighted by Crippen LogP contribution is -2.00. The number of nitrogens with zero attached hydrogens (tertiary/aromatic N) is 1. The SMILES string of the molecule is N#Cc1ccc(OCc2cc(F)ccc2F)cc1F. The molecule has 0 radical (unpaired) electrons. The van der Waals surface area contributed by atoms with E-state index in [1.54, 1.807) is 6.07 Å². The molecule has 0 saturated heterocycles. The molecular formula is C14H8F3NO. The minimum Gasteiger partial charge on any atom is -0.489 e. The number of hydrogen-bond acceptors (Lipinski definition) is 2. The van der Waals surface area contributed by atoms with E-state index in [1.807, 2.05) is 0 Å². The van der Waals surface area contributed by atoms with Gasteiger partial charge >= 0.3 is 0 Å². The maximum absolute atomic E-state index is 13.3. The van der Waals surface area contributed by atoms with Gasteiger partial charge in [-0.1, -0.05) is 0 Å². The first-order valence-electron chi connectivity index (χ1n) is 5.36. The third-order valence-electron chi connectivity index (χ3n) is 2.46.